The predicted molar refractivity (Wildman–Crippen MR) is 54.6 cm³/mol. The third-order valence-corrected chi connectivity index (χ3v) is 3.74. The van der Waals surface area contributed by atoms with Crippen LogP contribution in [0.15, 0.2) is 4.99 Å². The zero-order chi connectivity index (χ0) is 10.6. The lowest BCUT2D eigenvalue weighted by Crippen LogP contribution is -2.64. The summed E-state index contributed by atoms with van der Waals surface area (Å²) in [6.45, 7) is 0. The molecule has 82 valence electrons. The normalized spacial score (nSPS) is 39.5. The predicted octanol–water partition coefficient (Wildman–Crippen LogP) is 0.489. The Morgan fingerprint density at radius 3 is 2.73 bits per heavy atom. The Morgan fingerprint density at radius 2 is 2.20 bits per heavy atom. The number of carbonyl (C=O) groups excluding carboxylic acids is 1. The van der Waals surface area contributed by atoms with E-state index in [9.17, 15) is 4.79 Å². The fraction of sp³-hybridized carbons (Fsp3) is 0.800. The summed E-state index contributed by atoms with van der Waals surface area (Å²) in [7, 11) is 1.70. The zero-order valence-corrected chi connectivity index (χ0v) is 8.77. The highest BCUT2D eigenvalue weighted by molar-refractivity contribution is 6.06. The van der Waals surface area contributed by atoms with Gasteiger partial charge in [0.15, 0.2) is 0 Å². The molecule has 5 heteroatoms. The number of aliphatic imine (C=N–C) groups is 1. The van der Waals surface area contributed by atoms with Crippen molar-refractivity contribution in [2.45, 2.75) is 43.4 Å². The molecule has 1 spiro atoms. The largest absolute Gasteiger partial charge is 0.385 e. The number of urea groups is 1. The van der Waals surface area contributed by atoms with Crippen LogP contribution < -0.4 is 5.73 Å². The number of amidine groups is 1. The summed E-state index contributed by atoms with van der Waals surface area (Å²) in [6.07, 6.45) is 4.02. The zero-order valence-electron chi connectivity index (χ0n) is 8.77. The van der Waals surface area contributed by atoms with Crippen LogP contribution in [0.5, 0.6) is 0 Å². The SMILES string of the molecule is COC1CC2(C1)C(N)=NC(=O)N2C1CC1. The Bertz CT molecular complexity index is 343. The summed E-state index contributed by atoms with van der Waals surface area (Å²) in [5, 5.41) is 0. The summed E-state index contributed by atoms with van der Waals surface area (Å²) in [5.41, 5.74) is 5.58. The first kappa shape index (κ1) is 9.15. The van der Waals surface area contributed by atoms with E-state index in [0.717, 1.165) is 25.7 Å². The van der Waals surface area contributed by atoms with E-state index >= 15 is 0 Å². The van der Waals surface area contributed by atoms with Crippen LogP contribution in [-0.4, -0.2) is 41.6 Å². The molecular formula is C10H15N3O2. The van der Waals surface area contributed by atoms with Gasteiger partial charge >= 0.3 is 6.03 Å². The van der Waals surface area contributed by atoms with E-state index in [-0.39, 0.29) is 17.7 Å². The molecular weight excluding hydrogens is 194 g/mol. The Labute approximate surface area is 88.3 Å². The van der Waals surface area contributed by atoms with Crippen molar-refractivity contribution in [2.75, 3.05) is 7.11 Å². The van der Waals surface area contributed by atoms with Crippen molar-refractivity contribution in [3.8, 4) is 0 Å². The van der Waals surface area contributed by atoms with Gasteiger partial charge in [0.05, 0.1) is 6.10 Å². The van der Waals surface area contributed by atoms with Gasteiger partial charge in [0.1, 0.15) is 11.4 Å². The lowest BCUT2D eigenvalue weighted by atomic mass is 9.72. The third kappa shape index (κ3) is 1.07. The van der Waals surface area contributed by atoms with Crippen molar-refractivity contribution in [2.24, 2.45) is 10.7 Å². The number of hydrogen-bond acceptors (Lipinski definition) is 3. The topological polar surface area (TPSA) is 67.9 Å². The van der Waals surface area contributed by atoms with Gasteiger partial charge in [0.25, 0.3) is 0 Å². The maximum atomic E-state index is 11.7. The van der Waals surface area contributed by atoms with Crippen LogP contribution in [0.2, 0.25) is 0 Å². The number of carbonyl (C=O) groups is 1. The highest BCUT2D eigenvalue weighted by Crippen LogP contribution is 2.47. The quantitative estimate of drug-likeness (QED) is 0.719. The number of ether oxygens (including phenoxy) is 1. The second-order valence-corrected chi connectivity index (χ2v) is 4.68. The van der Waals surface area contributed by atoms with Gasteiger partial charge in [0.2, 0.25) is 0 Å². The summed E-state index contributed by atoms with van der Waals surface area (Å²) in [4.78, 5) is 17.5. The van der Waals surface area contributed by atoms with E-state index in [2.05, 4.69) is 4.99 Å². The standard InChI is InChI=1S/C10H15N3O2/c1-15-7-4-10(5-7)8(11)12-9(14)13(10)6-2-3-6/h6-7H,2-5H2,1H3,(H2,11,12,14). The number of hydrogen-bond donors (Lipinski definition) is 1. The highest BCUT2D eigenvalue weighted by Gasteiger charge is 2.60. The molecule has 0 radical (unpaired) electrons. The van der Waals surface area contributed by atoms with Gasteiger partial charge in [-0.3, -0.25) is 0 Å². The number of nitrogens with zero attached hydrogens (tertiary/aromatic N) is 2. The summed E-state index contributed by atoms with van der Waals surface area (Å²) in [5.74, 6) is 0.493. The fourth-order valence-corrected chi connectivity index (χ4v) is 2.67. The molecule has 5 nitrogen and oxygen atoms in total. The molecule has 0 atom stereocenters. The first-order valence-electron chi connectivity index (χ1n) is 5.38. The Hall–Kier alpha value is -1.10. The molecule has 0 aromatic carbocycles. The van der Waals surface area contributed by atoms with Crippen LogP contribution in [0.1, 0.15) is 25.7 Å². The average Bonchev–Trinajstić information content (AvgIpc) is 2.89. The van der Waals surface area contributed by atoms with E-state index in [1.165, 1.54) is 0 Å². The van der Waals surface area contributed by atoms with E-state index in [0.29, 0.717) is 11.9 Å². The monoisotopic (exact) mass is 209 g/mol. The smallest absolute Gasteiger partial charge is 0.346 e. The van der Waals surface area contributed by atoms with Crippen molar-refractivity contribution < 1.29 is 9.53 Å². The number of nitrogens with two attached hydrogens (primary N) is 1. The molecule has 2 aliphatic carbocycles. The van der Waals surface area contributed by atoms with Gasteiger partial charge in [-0.25, -0.2) is 4.79 Å². The minimum atomic E-state index is -0.293. The fourth-order valence-electron chi connectivity index (χ4n) is 2.67. The summed E-state index contributed by atoms with van der Waals surface area (Å²) < 4.78 is 5.26. The molecule has 0 saturated heterocycles. The van der Waals surface area contributed by atoms with Crippen molar-refractivity contribution in [1.82, 2.24) is 4.90 Å². The lowest BCUT2D eigenvalue weighted by Gasteiger charge is -2.49. The van der Waals surface area contributed by atoms with Crippen LogP contribution in [0.25, 0.3) is 0 Å². The summed E-state index contributed by atoms with van der Waals surface area (Å²) in [6, 6.07) is 0.227. The van der Waals surface area contributed by atoms with Crippen molar-refractivity contribution in [1.29, 1.82) is 0 Å². The second-order valence-electron chi connectivity index (χ2n) is 4.68. The van der Waals surface area contributed by atoms with Crippen LogP contribution in [0.4, 0.5) is 4.79 Å². The van der Waals surface area contributed by atoms with Gasteiger partial charge in [-0.05, 0) is 12.8 Å². The molecule has 2 amide bonds. The average molecular weight is 209 g/mol. The van der Waals surface area contributed by atoms with Crippen molar-refractivity contribution in [3.63, 3.8) is 0 Å². The van der Waals surface area contributed by atoms with E-state index in [1.807, 2.05) is 4.90 Å². The summed E-state index contributed by atoms with van der Waals surface area (Å²) >= 11 is 0. The molecule has 0 aromatic rings. The van der Waals surface area contributed by atoms with Crippen LogP contribution in [-0.2, 0) is 4.74 Å². The lowest BCUT2D eigenvalue weighted by molar-refractivity contribution is -0.0385. The van der Waals surface area contributed by atoms with Gasteiger partial charge in [-0.15, -0.1) is 0 Å². The van der Waals surface area contributed by atoms with Crippen molar-refractivity contribution >= 4 is 11.9 Å². The minimum Gasteiger partial charge on any atom is -0.385 e. The molecule has 3 aliphatic rings. The Balaban J connectivity index is 1.86. The maximum Gasteiger partial charge on any atom is 0.346 e. The first-order chi connectivity index (χ1) is 7.17. The second kappa shape index (κ2) is 2.72. The molecule has 0 bridgehead atoms. The minimum absolute atomic E-state index is 0.149. The number of methoxy groups -OCH3 is 1. The van der Waals surface area contributed by atoms with Gasteiger partial charge in [-0.2, -0.15) is 4.99 Å². The van der Waals surface area contributed by atoms with Crippen LogP contribution in [0.3, 0.4) is 0 Å². The number of amides is 2. The first-order valence-corrected chi connectivity index (χ1v) is 5.38. The molecule has 3 rings (SSSR count). The van der Waals surface area contributed by atoms with E-state index in [1.54, 1.807) is 7.11 Å². The van der Waals surface area contributed by atoms with Gasteiger partial charge in [0, 0.05) is 26.0 Å². The molecule has 0 unspecified atom stereocenters. The number of rotatable bonds is 2. The van der Waals surface area contributed by atoms with E-state index in [4.69, 9.17) is 10.5 Å². The van der Waals surface area contributed by atoms with Gasteiger partial charge in [-0.1, -0.05) is 0 Å². The molecule has 2 N–H and O–H groups in total. The molecule has 1 heterocycles. The van der Waals surface area contributed by atoms with Crippen LogP contribution in [0, 0.1) is 0 Å². The van der Waals surface area contributed by atoms with Gasteiger partial charge < -0.3 is 15.4 Å². The highest BCUT2D eigenvalue weighted by atomic mass is 16.5. The molecule has 2 fully saturated rings. The Morgan fingerprint density at radius 1 is 1.53 bits per heavy atom. The molecule has 15 heavy (non-hydrogen) atoms. The Kier molecular flexibility index (Phi) is 1.66. The molecule has 0 aromatic heterocycles. The van der Waals surface area contributed by atoms with Crippen LogP contribution >= 0.6 is 0 Å². The molecule has 2 saturated carbocycles. The molecule has 1 aliphatic heterocycles. The van der Waals surface area contributed by atoms with Crippen molar-refractivity contribution in [3.05, 3.63) is 0 Å². The van der Waals surface area contributed by atoms with E-state index < -0.39 is 0 Å². The third-order valence-electron chi connectivity index (χ3n) is 3.74. The maximum absolute atomic E-state index is 11.7.